The smallest absolute Gasteiger partial charge is 0.191 e. The quantitative estimate of drug-likeness (QED) is 0.619. The lowest BCUT2D eigenvalue weighted by Crippen LogP contribution is -2.49. The van der Waals surface area contributed by atoms with Crippen LogP contribution in [0.5, 0.6) is 0 Å². The molecule has 2 atom stereocenters. The number of nitrogens with zero attached hydrogens (tertiary/aromatic N) is 1. The third kappa shape index (κ3) is 3.90. The Labute approximate surface area is 132 Å². The van der Waals surface area contributed by atoms with Crippen molar-refractivity contribution in [3.8, 4) is 0 Å². The first kappa shape index (κ1) is 17.5. The molecule has 4 heteroatoms. The Morgan fingerprint density at radius 3 is 2.19 bits per heavy atom. The molecular weight excluding hydrogens is 278 g/mol. The largest absolute Gasteiger partial charge is 0.417 e. The van der Waals surface area contributed by atoms with Gasteiger partial charge in [0.15, 0.2) is 8.32 Å². The number of hydrogen-bond donors (Lipinski definition) is 1. The Kier molecular flexibility index (Phi) is 4.94. The zero-order chi connectivity index (χ0) is 15.9. The maximum Gasteiger partial charge on any atom is 0.191 e. The predicted octanol–water partition coefficient (Wildman–Crippen LogP) is 3.78. The van der Waals surface area contributed by atoms with Crippen LogP contribution in [0.3, 0.4) is 0 Å². The molecule has 1 N–H and O–H groups in total. The van der Waals surface area contributed by atoms with Crippen LogP contribution in [0.25, 0.3) is 0 Å². The Bertz CT molecular complexity index is 350. The lowest BCUT2D eigenvalue weighted by atomic mass is 9.83. The Morgan fingerprint density at radius 1 is 1.19 bits per heavy atom. The minimum Gasteiger partial charge on any atom is -0.417 e. The van der Waals surface area contributed by atoms with Crippen molar-refractivity contribution in [1.29, 1.82) is 0 Å². The van der Waals surface area contributed by atoms with Gasteiger partial charge in [0.2, 0.25) is 0 Å². The molecule has 21 heavy (non-hydrogen) atoms. The van der Waals surface area contributed by atoms with Gasteiger partial charge in [0.25, 0.3) is 0 Å². The fourth-order valence-electron chi connectivity index (χ4n) is 3.69. The molecule has 2 saturated heterocycles. The average molecular weight is 314 g/mol. The van der Waals surface area contributed by atoms with Crippen LogP contribution in [-0.4, -0.2) is 49.7 Å². The van der Waals surface area contributed by atoms with Crippen LogP contribution < -0.4 is 0 Å². The standard InChI is InChI=1S/C17H35NO2Si/c1-16(2,3)21(5,6)20-11-7-10-17(19)12-14-8-9-15(13-17)18(14)4/h14-15,19H,7-13H2,1-6H3. The molecule has 2 heterocycles. The zero-order valence-electron chi connectivity index (χ0n) is 14.9. The maximum atomic E-state index is 10.9. The fourth-order valence-corrected chi connectivity index (χ4v) is 4.78. The van der Waals surface area contributed by atoms with E-state index in [0.29, 0.717) is 12.1 Å². The first-order chi connectivity index (χ1) is 9.54. The second kappa shape index (κ2) is 5.95. The monoisotopic (exact) mass is 313 g/mol. The van der Waals surface area contributed by atoms with Gasteiger partial charge in [0, 0.05) is 18.7 Å². The summed E-state index contributed by atoms with van der Waals surface area (Å²) in [7, 11) is 0.593. The topological polar surface area (TPSA) is 32.7 Å². The first-order valence-electron chi connectivity index (χ1n) is 8.62. The molecule has 0 spiro atoms. The molecule has 0 saturated carbocycles. The molecule has 2 rings (SSSR count). The van der Waals surface area contributed by atoms with Crippen molar-refractivity contribution < 1.29 is 9.53 Å². The summed E-state index contributed by atoms with van der Waals surface area (Å²) in [5, 5.41) is 11.2. The van der Waals surface area contributed by atoms with Gasteiger partial charge in [0.1, 0.15) is 0 Å². The van der Waals surface area contributed by atoms with E-state index in [1.165, 1.54) is 12.8 Å². The van der Waals surface area contributed by atoms with Gasteiger partial charge in [-0.25, -0.2) is 0 Å². The van der Waals surface area contributed by atoms with Crippen LogP contribution >= 0.6 is 0 Å². The van der Waals surface area contributed by atoms with Crippen molar-refractivity contribution >= 4 is 8.32 Å². The SMILES string of the molecule is CN1C2CCC1CC(O)(CCCO[Si](C)(C)C(C)(C)C)C2. The van der Waals surface area contributed by atoms with E-state index in [-0.39, 0.29) is 5.04 Å². The molecule has 2 fully saturated rings. The molecule has 0 amide bonds. The number of aliphatic hydroxyl groups is 1. The van der Waals surface area contributed by atoms with Crippen molar-refractivity contribution in [2.45, 2.75) is 95.1 Å². The summed E-state index contributed by atoms with van der Waals surface area (Å²) in [4.78, 5) is 2.49. The van der Waals surface area contributed by atoms with E-state index < -0.39 is 13.9 Å². The van der Waals surface area contributed by atoms with E-state index in [2.05, 4.69) is 45.8 Å². The van der Waals surface area contributed by atoms with Crippen LogP contribution in [0.15, 0.2) is 0 Å². The first-order valence-corrected chi connectivity index (χ1v) is 11.5. The van der Waals surface area contributed by atoms with Gasteiger partial charge in [-0.1, -0.05) is 20.8 Å². The number of hydrogen-bond acceptors (Lipinski definition) is 3. The molecule has 124 valence electrons. The molecule has 2 aliphatic rings. The van der Waals surface area contributed by atoms with E-state index in [9.17, 15) is 5.11 Å². The molecule has 0 radical (unpaired) electrons. The van der Waals surface area contributed by atoms with Gasteiger partial charge < -0.3 is 14.4 Å². The predicted molar refractivity (Wildman–Crippen MR) is 91.1 cm³/mol. The van der Waals surface area contributed by atoms with Gasteiger partial charge in [-0.3, -0.25) is 0 Å². The Hall–Kier alpha value is 0.0969. The van der Waals surface area contributed by atoms with E-state index in [1.807, 2.05) is 0 Å². The summed E-state index contributed by atoms with van der Waals surface area (Å²) in [6.07, 6.45) is 6.35. The highest BCUT2D eigenvalue weighted by Crippen LogP contribution is 2.42. The fraction of sp³-hybridized carbons (Fsp3) is 1.00. The van der Waals surface area contributed by atoms with Crippen molar-refractivity contribution in [3.05, 3.63) is 0 Å². The van der Waals surface area contributed by atoms with E-state index in [1.54, 1.807) is 0 Å². The highest BCUT2D eigenvalue weighted by molar-refractivity contribution is 6.74. The van der Waals surface area contributed by atoms with Gasteiger partial charge in [0.05, 0.1) is 5.60 Å². The molecule has 2 unspecified atom stereocenters. The van der Waals surface area contributed by atoms with Gasteiger partial charge in [-0.05, 0) is 63.7 Å². The number of rotatable bonds is 5. The molecule has 2 bridgehead atoms. The Morgan fingerprint density at radius 2 is 1.71 bits per heavy atom. The van der Waals surface area contributed by atoms with Crippen molar-refractivity contribution in [2.75, 3.05) is 13.7 Å². The third-order valence-corrected chi connectivity index (χ3v) is 10.8. The van der Waals surface area contributed by atoms with Crippen LogP contribution in [0.1, 0.15) is 59.3 Å². The average Bonchev–Trinajstić information content (AvgIpc) is 2.59. The lowest BCUT2D eigenvalue weighted by Gasteiger charge is -2.42. The number of piperidine rings is 1. The normalized spacial score (nSPS) is 34.4. The van der Waals surface area contributed by atoms with Gasteiger partial charge in [-0.15, -0.1) is 0 Å². The van der Waals surface area contributed by atoms with E-state index in [0.717, 1.165) is 32.3 Å². The molecule has 0 aromatic heterocycles. The van der Waals surface area contributed by atoms with Gasteiger partial charge in [-0.2, -0.15) is 0 Å². The molecule has 0 aliphatic carbocycles. The van der Waals surface area contributed by atoms with Crippen molar-refractivity contribution in [1.82, 2.24) is 4.90 Å². The van der Waals surface area contributed by atoms with E-state index in [4.69, 9.17) is 4.43 Å². The minimum absolute atomic E-state index is 0.274. The third-order valence-electron chi connectivity index (χ3n) is 6.27. The summed E-state index contributed by atoms with van der Waals surface area (Å²) < 4.78 is 6.24. The van der Waals surface area contributed by atoms with Crippen LogP contribution in [0.2, 0.25) is 18.1 Å². The summed E-state index contributed by atoms with van der Waals surface area (Å²) in [5.74, 6) is 0. The molecular formula is C17H35NO2Si. The second-order valence-electron chi connectivity index (χ2n) is 8.90. The van der Waals surface area contributed by atoms with Crippen LogP contribution in [0.4, 0.5) is 0 Å². The summed E-state index contributed by atoms with van der Waals surface area (Å²) in [6.45, 7) is 12.3. The van der Waals surface area contributed by atoms with E-state index >= 15 is 0 Å². The minimum atomic E-state index is -1.63. The maximum absolute atomic E-state index is 10.9. The number of fused-ring (bicyclic) bond motifs is 2. The lowest BCUT2D eigenvalue weighted by molar-refractivity contribution is -0.0528. The molecule has 0 aromatic carbocycles. The second-order valence-corrected chi connectivity index (χ2v) is 13.7. The summed E-state index contributed by atoms with van der Waals surface area (Å²) in [5.41, 5.74) is -0.435. The van der Waals surface area contributed by atoms with Crippen LogP contribution in [-0.2, 0) is 4.43 Å². The van der Waals surface area contributed by atoms with Crippen molar-refractivity contribution in [3.63, 3.8) is 0 Å². The zero-order valence-corrected chi connectivity index (χ0v) is 15.9. The highest BCUT2D eigenvalue weighted by Gasteiger charge is 2.45. The summed E-state index contributed by atoms with van der Waals surface area (Å²) >= 11 is 0. The highest BCUT2D eigenvalue weighted by atomic mass is 28.4. The Balaban J connectivity index is 1.77. The molecule has 2 aliphatic heterocycles. The van der Waals surface area contributed by atoms with Gasteiger partial charge >= 0.3 is 0 Å². The molecule has 3 nitrogen and oxygen atoms in total. The summed E-state index contributed by atoms with van der Waals surface area (Å²) in [6, 6.07) is 1.21. The molecule has 0 aromatic rings. The van der Waals surface area contributed by atoms with Crippen molar-refractivity contribution in [2.24, 2.45) is 0 Å². The van der Waals surface area contributed by atoms with Crippen LogP contribution in [0, 0.1) is 0 Å².